The molecule has 0 aromatic heterocycles. The summed E-state index contributed by atoms with van der Waals surface area (Å²) in [5.74, 6) is -1.91. The molecule has 0 aliphatic rings. The number of methoxy groups -OCH3 is 1. The first-order valence-electron chi connectivity index (χ1n) is 6.71. The van der Waals surface area contributed by atoms with Crippen LogP contribution in [0, 0.1) is 16.0 Å². The molecule has 0 saturated carbocycles. The number of aliphatic carboxylic acids is 1. The summed E-state index contributed by atoms with van der Waals surface area (Å²) in [6, 6.07) is 1.72. The first-order chi connectivity index (χ1) is 10.6. The van der Waals surface area contributed by atoms with Crippen LogP contribution in [0.3, 0.4) is 0 Å². The number of nitro benzene ring substituents is 1. The molecule has 1 aromatic rings. The predicted molar refractivity (Wildman–Crippen MR) is 80.8 cm³/mol. The fourth-order valence-electron chi connectivity index (χ4n) is 1.87. The monoisotopic (exact) mass is 346 g/mol. The van der Waals surface area contributed by atoms with Crippen molar-refractivity contribution in [1.29, 1.82) is 0 Å². The number of sulfonamides is 1. The summed E-state index contributed by atoms with van der Waals surface area (Å²) >= 11 is 0. The van der Waals surface area contributed by atoms with Crippen LogP contribution >= 0.6 is 0 Å². The second-order valence-corrected chi connectivity index (χ2v) is 6.60. The number of benzene rings is 1. The van der Waals surface area contributed by atoms with E-state index in [1.807, 2.05) is 0 Å². The van der Waals surface area contributed by atoms with Gasteiger partial charge in [0.25, 0.3) is 5.69 Å². The molecule has 0 fully saturated rings. The van der Waals surface area contributed by atoms with E-state index < -0.39 is 43.5 Å². The summed E-state index contributed by atoms with van der Waals surface area (Å²) in [6.07, 6.45) is 0.436. The molecule has 0 aliphatic carbocycles. The highest BCUT2D eigenvalue weighted by atomic mass is 32.2. The molecule has 128 valence electrons. The highest BCUT2D eigenvalue weighted by Crippen LogP contribution is 2.28. The van der Waals surface area contributed by atoms with Crippen LogP contribution in [-0.4, -0.2) is 37.6 Å². The number of nitro groups is 1. The molecular weight excluding hydrogens is 328 g/mol. The third-order valence-electron chi connectivity index (χ3n) is 3.41. The van der Waals surface area contributed by atoms with Crippen molar-refractivity contribution < 1.29 is 28.0 Å². The van der Waals surface area contributed by atoms with Gasteiger partial charge in [-0.05, 0) is 12.0 Å². The topological polar surface area (TPSA) is 136 Å². The molecule has 0 aliphatic heterocycles. The zero-order valence-corrected chi connectivity index (χ0v) is 13.7. The minimum absolute atomic E-state index is 0.114. The molecule has 23 heavy (non-hydrogen) atoms. The highest BCUT2D eigenvalue weighted by Gasteiger charge is 2.31. The third-order valence-corrected chi connectivity index (χ3v) is 4.87. The lowest BCUT2D eigenvalue weighted by Crippen LogP contribution is -2.44. The molecule has 10 heteroatoms. The summed E-state index contributed by atoms with van der Waals surface area (Å²) in [7, 11) is -3.11. The Morgan fingerprint density at radius 2 is 2.09 bits per heavy atom. The van der Waals surface area contributed by atoms with Gasteiger partial charge in [0.1, 0.15) is 16.7 Å². The van der Waals surface area contributed by atoms with Crippen LogP contribution in [0.2, 0.25) is 0 Å². The number of ether oxygens (including phenoxy) is 1. The van der Waals surface area contributed by atoms with Gasteiger partial charge in [0, 0.05) is 12.1 Å². The van der Waals surface area contributed by atoms with Crippen molar-refractivity contribution in [3.63, 3.8) is 0 Å². The molecule has 2 atom stereocenters. The van der Waals surface area contributed by atoms with Gasteiger partial charge in [-0.3, -0.25) is 14.9 Å². The van der Waals surface area contributed by atoms with E-state index in [0.29, 0.717) is 6.42 Å². The van der Waals surface area contributed by atoms with Gasteiger partial charge in [0.05, 0.1) is 12.0 Å². The number of hydrogen-bond acceptors (Lipinski definition) is 6. The van der Waals surface area contributed by atoms with E-state index in [9.17, 15) is 28.4 Å². The Labute approximate surface area is 133 Å². The zero-order chi connectivity index (χ0) is 17.8. The maximum absolute atomic E-state index is 12.4. The van der Waals surface area contributed by atoms with Crippen molar-refractivity contribution in [3.05, 3.63) is 28.3 Å². The van der Waals surface area contributed by atoms with Crippen LogP contribution in [0.15, 0.2) is 23.1 Å². The Morgan fingerprint density at radius 1 is 1.48 bits per heavy atom. The lowest BCUT2D eigenvalue weighted by atomic mass is 10.0. The zero-order valence-electron chi connectivity index (χ0n) is 12.8. The van der Waals surface area contributed by atoms with Crippen molar-refractivity contribution in [1.82, 2.24) is 4.72 Å². The number of non-ortho nitro benzene ring substituents is 1. The van der Waals surface area contributed by atoms with E-state index in [2.05, 4.69) is 4.72 Å². The Hall–Kier alpha value is -2.20. The van der Waals surface area contributed by atoms with Gasteiger partial charge < -0.3 is 9.84 Å². The smallest absolute Gasteiger partial charge is 0.322 e. The minimum Gasteiger partial charge on any atom is -0.495 e. The van der Waals surface area contributed by atoms with Crippen molar-refractivity contribution in [2.24, 2.45) is 5.92 Å². The maximum atomic E-state index is 12.4. The Bertz CT molecular complexity index is 702. The molecular formula is C13H18N2O7S. The van der Waals surface area contributed by atoms with Gasteiger partial charge in [-0.1, -0.05) is 20.3 Å². The van der Waals surface area contributed by atoms with Crippen molar-refractivity contribution >= 4 is 21.7 Å². The van der Waals surface area contributed by atoms with Crippen molar-refractivity contribution in [2.45, 2.75) is 31.2 Å². The molecule has 0 spiro atoms. The lowest BCUT2D eigenvalue weighted by Gasteiger charge is -2.20. The molecule has 0 amide bonds. The first kappa shape index (κ1) is 18.8. The van der Waals surface area contributed by atoms with E-state index >= 15 is 0 Å². The first-order valence-corrected chi connectivity index (χ1v) is 8.20. The van der Waals surface area contributed by atoms with Crippen LogP contribution in [0.25, 0.3) is 0 Å². The fourth-order valence-corrected chi connectivity index (χ4v) is 3.35. The standard InChI is InChI=1S/C13H18N2O7S/c1-4-8(2)12(13(16)17)14-23(20,21)11-7-9(15(18)19)5-6-10(11)22-3/h5-8,12,14H,4H2,1-3H3,(H,16,17)/t8-,12-/m0/s1. The summed E-state index contributed by atoms with van der Waals surface area (Å²) in [5.41, 5.74) is -0.443. The fraction of sp³-hybridized carbons (Fsp3) is 0.462. The van der Waals surface area contributed by atoms with Gasteiger partial charge in [0.2, 0.25) is 10.0 Å². The van der Waals surface area contributed by atoms with Crippen LogP contribution in [0.5, 0.6) is 5.75 Å². The number of rotatable bonds is 8. The summed E-state index contributed by atoms with van der Waals surface area (Å²) < 4.78 is 31.9. The Morgan fingerprint density at radius 3 is 2.52 bits per heavy atom. The molecule has 1 aromatic carbocycles. The van der Waals surface area contributed by atoms with Gasteiger partial charge in [-0.15, -0.1) is 0 Å². The minimum atomic E-state index is -4.32. The van der Waals surface area contributed by atoms with E-state index in [-0.39, 0.29) is 5.75 Å². The van der Waals surface area contributed by atoms with Crippen LogP contribution in [0.1, 0.15) is 20.3 Å². The molecule has 0 bridgehead atoms. The molecule has 2 N–H and O–H groups in total. The van der Waals surface area contributed by atoms with E-state index in [4.69, 9.17) is 4.74 Å². The predicted octanol–water partition coefficient (Wildman–Crippen LogP) is 1.38. The second kappa shape index (κ2) is 7.38. The summed E-state index contributed by atoms with van der Waals surface area (Å²) in [6.45, 7) is 3.31. The lowest BCUT2D eigenvalue weighted by molar-refractivity contribution is -0.385. The largest absolute Gasteiger partial charge is 0.495 e. The van der Waals surface area contributed by atoms with Crippen molar-refractivity contribution in [2.75, 3.05) is 7.11 Å². The third kappa shape index (κ3) is 4.39. The second-order valence-electron chi connectivity index (χ2n) is 4.92. The highest BCUT2D eigenvalue weighted by molar-refractivity contribution is 7.89. The Balaban J connectivity index is 3.33. The average Bonchev–Trinajstić information content (AvgIpc) is 2.50. The van der Waals surface area contributed by atoms with Gasteiger partial charge in [-0.2, -0.15) is 4.72 Å². The molecule has 9 nitrogen and oxygen atoms in total. The quantitative estimate of drug-likeness (QED) is 0.536. The number of carbonyl (C=O) groups is 1. The van der Waals surface area contributed by atoms with Gasteiger partial charge in [0.15, 0.2) is 0 Å². The van der Waals surface area contributed by atoms with E-state index in [1.54, 1.807) is 13.8 Å². The normalized spacial score (nSPS) is 14.0. The summed E-state index contributed by atoms with van der Waals surface area (Å²) in [5, 5.41) is 20.0. The van der Waals surface area contributed by atoms with Gasteiger partial charge >= 0.3 is 5.97 Å². The molecule has 0 heterocycles. The van der Waals surface area contributed by atoms with Crippen LogP contribution in [-0.2, 0) is 14.8 Å². The summed E-state index contributed by atoms with van der Waals surface area (Å²) in [4.78, 5) is 20.9. The SMILES string of the molecule is CC[C@H](C)[C@H](NS(=O)(=O)c1cc([N+](=O)[O-])ccc1OC)C(=O)O. The number of carboxylic acid groups (broad SMARTS) is 1. The van der Waals surface area contributed by atoms with Crippen molar-refractivity contribution in [3.8, 4) is 5.75 Å². The van der Waals surface area contributed by atoms with E-state index in [0.717, 1.165) is 18.2 Å². The number of nitrogens with one attached hydrogen (secondary N) is 1. The van der Waals surface area contributed by atoms with Gasteiger partial charge in [-0.25, -0.2) is 8.42 Å². The number of hydrogen-bond donors (Lipinski definition) is 2. The van der Waals surface area contributed by atoms with E-state index in [1.165, 1.54) is 7.11 Å². The van der Waals surface area contributed by atoms with Crippen LogP contribution < -0.4 is 9.46 Å². The number of carboxylic acids is 1. The maximum Gasteiger partial charge on any atom is 0.322 e. The molecule has 1 rings (SSSR count). The average molecular weight is 346 g/mol. The Kier molecular flexibility index (Phi) is 6.05. The molecule has 0 radical (unpaired) electrons. The molecule has 0 saturated heterocycles. The van der Waals surface area contributed by atoms with Crippen LogP contribution in [0.4, 0.5) is 5.69 Å². The number of nitrogens with zero attached hydrogens (tertiary/aromatic N) is 1. The molecule has 0 unspecified atom stereocenters.